The number of rotatable bonds is 2. The molecule has 2 N–H and O–H groups in total. The summed E-state index contributed by atoms with van der Waals surface area (Å²) in [5, 5.41) is 12.6. The number of benzene rings is 1. The minimum Gasteiger partial charge on any atom is -0.507 e. The molecule has 0 unspecified atom stereocenters. The number of carbonyl (C=O) groups excluding carboxylic acids is 1. The number of phenolic OH excluding ortho intramolecular Hbond substituents is 1. The summed E-state index contributed by atoms with van der Waals surface area (Å²) in [4.78, 5) is 15.8. The lowest BCUT2D eigenvalue weighted by Gasteiger charge is -2.03. The molecule has 0 aliphatic carbocycles. The van der Waals surface area contributed by atoms with Gasteiger partial charge in [0.15, 0.2) is 5.13 Å². The highest BCUT2D eigenvalue weighted by atomic mass is 79.9. The number of hydrogen-bond donors (Lipinski definition) is 2. The first-order valence-electron chi connectivity index (χ1n) is 4.47. The number of carbonyl (C=O) groups is 1. The highest BCUT2D eigenvalue weighted by Gasteiger charge is 2.10. The van der Waals surface area contributed by atoms with Gasteiger partial charge in [-0.25, -0.2) is 4.98 Å². The normalized spacial score (nSPS) is 10.2. The maximum atomic E-state index is 11.8. The van der Waals surface area contributed by atoms with Crippen molar-refractivity contribution in [3.63, 3.8) is 0 Å². The molecule has 0 bridgehead atoms. The van der Waals surface area contributed by atoms with Gasteiger partial charge in [-0.3, -0.25) is 10.1 Å². The van der Waals surface area contributed by atoms with Crippen LogP contribution in [0, 0.1) is 0 Å². The molecule has 1 aromatic heterocycles. The monoisotopic (exact) mass is 376 g/mol. The number of aromatic hydroxyl groups is 1. The van der Waals surface area contributed by atoms with E-state index in [1.807, 2.05) is 0 Å². The van der Waals surface area contributed by atoms with Crippen LogP contribution in [0.4, 0.5) is 5.13 Å². The zero-order valence-corrected chi connectivity index (χ0v) is 12.3. The third kappa shape index (κ3) is 3.05. The summed E-state index contributed by atoms with van der Waals surface area (Å²) in [6.45, 7) is 0. The number of aromatic nitrogens is 1. The van der Waals surface area contributed by atoms with Crippen molar-refractivity contribution in [2.24, 2.45) is 0 Å². The lowest BCUT2D eigenvalue weighted by atomic mass is 10.2. The Morgan fingerprint density at radius 1 is 1.41 bits per heavy atom. The van der Waals surface area contributed by atoms with E-state index in [1.165, 1.54) is 17.4 Å². The van der Waals surface area contributed by atoms with E-state index in [0.29, 0.717) is 15.2 Å². The van der Waals surface area contributed by atoms with E-state index < -0.39 is 0 Å². The second kappa shape index (κ2) is 5.16. The minimum absolute atomic E-state index is 0.0259. The average molecular weight is 378 g/mol. The number of anilines is 1. The van der Waals surface area contributed by atoms with Gasteiger partial charge in [0.1, 0.15) is 5.75 Å². The summed E-state index contributed by atoms with van der Waals surface area (Å²) in [5.74, 6) is -0.285. The maximum Gasteiger partial charge on any atom is 0.257 e. The van der Waals surface area contributed by atoms with Crippen molar-refractivity contribution in [1.29, 1.82) is 0 Å². The van der Waals surface area contributed by atoms with Gasteiger partial charge < -0.3 is 5.11 Å². The number of nitrogens with zero attached hydrogens (tertiary/aromatic N) is 1. The van der Waals surface area contributed by atoms with Crippen LogP contribution < -0.4 is 5.32 Å². The van der Waals surface area contributed by atoms with Crippen LogP contribution in [0.15, 0.2) is 32.7 Å². The van der Waals surface area contributed by atoms with Gasteiger partial charge in [0, 0.05) is 5.56 Å². The molecule has 1 amide bonds. The molecule has 0 radical (unpaired) electrons. The molecule has 0 aliphatic rings. The van der Waals surface area contributed by atoms with Gasteiger partial charge in [0.2, 0.25) is 0 Å². The molecule has 0 spiro atoms. The maximum absolute atomic E-state index is 11.8. The third-order valence-corrected chi connectivity index (χ3v) is 3.97. The standard InChI is InChI=1S/C10H6Br2N2O2S/c11-6-2-1-5(3-7(6)15)9(16)14-10-13-4-8(12)17-10/h1-4,15H,(H,13,14,16). The molecular weight excluding hydrogens is 372 g/mol. The Hall–Kier alpha value is -0.920. The zero-order chi connectivity index (χ0) is 12.4. The third-order valence-electron chi connectivity index (χ3n) is 1.91. The van der Waals surface area contributed by atoms with E-state index in [-0.39, 0.29) is 11.7 Å². The summed E-state index contributed by atoms with van der Waals surface area (Å²) in [6, 6.07) is 4.62. The Morgan fingerprint density at radius 3 is 2.76 bits per heavy atom. The Balaban J connectivity index is 2.17. The average Bonchev–Trinajstić information content (AvgIpc) is 2.68. The van der Waals surface area contributed by atoms with Crippen LogP contribution >= 0.6 is 43.2 Å². The van der Waals surface area contributed by atoms with Crippen LogP contribution in [0.25, 0.3) is 0 Å². The molecule has 1 heterocycles. The van der Waals surface area contributed by atoms with Crippen LogP contribution in [0.3, 0.4) is 0 Å². The summed E-state index contributed by atoms with van der Waals surface area (Å²) in [7, 11) is 0. The number of amides is 1. The van der Waals surface area contributed by atoms with Gasteiger partial charge in [-0.2, -0.15) is 0 Å². The number of thiazole rings is 1. The molecule has 2 aromatic rings. The van der Waals surface area contributed by atoms with E-state index >= 15 is 0 Å². The molecule has 88 valence electrons. The van der Waals surface area contributed by atoms with Crippen LogP contribution in [-0.4, -0.2) is 16.0 Å². The molecule has 0 atom stereocenters. The molecule has 2 rings (SSSR count). The first-order valence-corrected chi connectivity index (χ1v) is 6.87. The number of halogens is 2. The molecule has 0 aliphatic heterocycles. The number of phenols is 1. The molecule has 7 heteroatoms. The Kier molecular flexibility index (Phi) is 3.80. The predicted octanol–water partition coefficient (Wildman–Crippen LogP) is 3.63. The summed E-state index contributed by atoms with van der Waals surface area (Å²) in [5.41, 5.74) is 0.372. The van der Waals surface area contributed by atoms with Crippen molar-refractivity contribution in [2.45, 2.75) is 0 Å². The first kappa shape index (κ1) is 12.5. The lowest BCUT2D eigenvalue weighted by Crippen LogP contribution is -2.11. The predicted molar refractivity (Wildman–Crippen MR) is 73.6 cm³/mol. The topological polar surface area (TPSA) is 62.2 Å². The van der Waals surface area contributed by atoms with E-state index in [0.717, 1.165) is 3.79 Å². The van der Waals surface area contributed by atoms with E-state index in [1.54, 1.807) is 18.3 Å². The fraction of sp³-hybridized carbons (Fsp3) is 0. The molecule has 0 saturated carbocycles. The minimum atomic E-state index is -0.311. The summed E-state index contributed by atoms with van der Waals surface area (Å²) < 4.78 is 1.39. The van der Waals surface area contributed by atoms with Crippen LogP contribution in [0.5, 0.6) is 5.75 Å². The SMILES string of the molecule is O=C(Nc1ncc(Br)s1)c1ccc(Br)c(O)c1. The smallest absolute Gasteiger partial charge is 0.257 e. The van der Waals surface area contributed by atoms with Gasteiger partial charge >= 0.3 is 0 Å². The van der Waals surface area contributed by atoms with Crippen molar-refractivity contribution in [1.82, 2.24) is 4.98 Å². The van der Waals surface area contributed by atoms with Crippen LogP contribution in [0.2, 0.25) is 0 Å². The second-order valence-corrected chi connectivity index (χ2v) is 6.35. The van der Waals surface area contributed by atoms with Gasteiger partial charge in [0.05, 0.1) is 14.5 Å². The quantitative estimate of drug-likeness (QED) is 0.839. The highest BCUT2D eigenvalue weighted by molar-refractivity contribution is 9.11. The highest BCUT2D eigenvalue weighted by Crippen LogP contribution is 2.26. The molecule has 1 aromatic carbocycles. The van der Waals surface area contributed by atoms with Crippen molar-refractivity contribution < 1.29 is 9.90 Å². The van der Waals surface area contributed by atoms with Gasteiger partial charge in [-0.1, -0.05) is 11.3 Å². The lowest BCUT2D eigenvalue weighted by molar-refractivity contribution is 0.102. The fourth-order valence-corrected chi connectivity index (χ4v) is 2.48. The van der Waals surface area contributed by atoms with Gasteiger partial charge in [-0.15, -0.1) is 0 Å². The van der Waals surface area contributed by atoms with E-state index in [9.17, 15) is 9.90 Å². The van der Waals surface area contributed by atoms with Gasteiger partial charge in [-0.05, 0) is 50.1 Å². The Morgan fingerprint density at radius 2 is 2.18 bits per heavy atom. The van der Waals surface area contributed by atoms with E-state index in [2.05, 4.69) is 42.2 Å². The van der Waals surface area contributed by atoms with Crippen molar-refractivity contribution >= 4 is 54.2 Å². The van der Waals surface area contributed by atoms with Crippen LogP contribution in [-0.2, 0) is 0 Å². The largest absolute Gasteiger partial charge is 0.507 e. The molecule has 4 nitrogen and oxygen atoms in total. The number of hydrogen-bond acceptors (Lipinski definition) is 4. The van der Waals surface area contributed by atoms with Crippen molar-refractivity contribution in [3.05, 3.63) is 38.2 Å². The first-order chi connectivity index (χ1) is 8.06. The van der Waals surface area contributed by atoms with Gasteiger partial charge in [0.25, 0.3) is 5.91 Å². The summed E-state index contributed by atoms with van der Waals surface area (Å²) >= 11 is 7.73. The fourth-order valence-electron chi connectivity index (χ4n) is 1.14. The molecular formula is C10H6Br2N2O2S. The van der Waals surface area contributed by atoms with Crippen molar-refractivity contribution in [3.8, 4) is 5.75 Å². The van der Waals surface area contributed by atoms with Crippen molar-refractivity contribution in [2.75, 3.05) is 5.32 Å². The number of nitrogens with one attached hydrogen (secondary N) is 1. The second-order valence-electron chi connectivity index (χ2n) is 3.09. The summed E-state index contributed by atoms with van der Waals surface area (Å²) in [6.07, 6.45) is 1.61. The molecule has 0 saturated heterocycles. The molecule has 17 heavy (non-hydrogen) atoms. The van der Waals surface area contributed by atoms with E-state index in [4.69, 9.17) is 0 Å². The zero-order valence-electron chi connectivity index (χ0n) is 8.28. The Bertz CT molecular complexity index is 571. The molecule has 0 fully saturated rings. The Labute approximate surface area is 118 Å². The van der Waals surface area contributed by atoms with Crippen LogP contribution in [0.1, 0.15) is 10.4 Å².